The van der Waals surface area contributed by atoms with Gasteiger partial charge in [0.1, 0.15) is 5.75 Å². The molecule has 0 saturated carbocycles. The minimum atomic E-state index is -1.55. The Labute approximate surface area is 188 Å². The largest absolute Gasteiger partial charge is 0.482 e. The third-order valence-electron chi connectivity index (χ3n) is 4.75. The van der Waals surface area contributed by atoms with E-state index >= 15 is 0 Å². The molecule has 1 aromatic carbocycles. The highest BCUT2D eigenvalue weighted by molar-refractivity contribution is 6.59. The molecule has 1 fully saturated rings. The van der Waals surface area contributed by atoms with Crippen LogP contribution < -0.4 is 15.0 Å². The second-order valence-electron chi connectivity index (χ2n) is 6.99. The van der Waals surface area contributed by atoms with Crippen molar-refractivity contribution in [2.24, 2.45) is 0 Å². The summed E-state index contributed by atoms with van der Waals surface area (Å²) in [4.78, 5) is 18.8. The lowest BCUT2D eigenvalue weighted by Gasteiger charge is -2.27. The fourth-order valence-corrected chi connectivity index (χ4v) is 5.70. The average Bonchev–Trinajstić information content (AvgIpc) is 3.26. The van der Waals surface area contributed by atoms with Crippen molar-refractivity contribution < 1.29 is 18.3 Å². The number of hydrogen-bond donors (Lipinski definition) is 2. The first-order chi connectivity index (χ1) is 15.0. The van der Waals surface area contributed by atoms with E-state index in [0.717, 1.165) is 24.1 Å². The van der Waals surface area contributed by atoms with Crippen LogP contribution in [0.3, 0.4) is 0 Å². The van der Waals surface area contributed by atoms with Crippen LogP contribution in [0.15, 0.2) is 40.9 Å². The first kappa shape index (κ1) is 21.7. The third-order valence-corrected chi connectivity index (χ3v) is 7.77. The van der Waals surface area contributed by atoms with Gasteiger partial charge in [-0.1, -0.05) is 23.2 Å². The lowest BCUT2D eigenvalue weighted by atomic mass is 10.2. The van der Waals surface area contributed by atoms with Gasteiger partial charge in [0, 0.05) is 22.8 Å². The molecule has 0 aliphatic carbocycles. The van der Waals surface area contributed by atoms with E-state index < -0.39 is 14.8 Å². The van der Waals surface area contributed by atoms with Crippen molar-refractivity contribution in [1.82, 2.24) is 25.5 Å². The van der Waals surface area contributed by atoms with Crippen molar-refractivity contribution in [2.75, 3.05) is 12.8 Å². The number of rotatable bonds is 6. The SMILES string of the molecule is O=C(COc1cnc(Cl)c(F)c1)N[Si@H]1CC[C@H](c2nnc(-c3ccc(Cl)cc3)o2)NC1. The maximum absolute atomic E-state index is 13.4. The molecule has 0 radical (unpaired) electrons. The lowest BCUT2D eigenvalue weighted by molar-refractivity contribution is -0.121. The van der Waals surface area contributed by atoms with Crippen LogP contribution in [0.1, 0.15) is 18.4 Å². The van der Waals surface area contributed by atoms with E-state index in [1.54, 1.807) is 12.1 Å². The quantitative estimate of drug-likeness (QED) is 0.411. The Hall–Kier alpha value is -2.53. The third kappa shape index (κ3) is 5.59. The molecule has 1 saturated heterocycles. The molecule has 3 heterocycles. The van der Waals surface area contributed by atoms with E-state index in [1.807, 2.05) is 12.1 Å². The zero-order chi connectivity index (χ0) is 21.8. The molecule has 162 valence electrons. The summed E-state index contributed by atoms with van der Waals surface area (Å²) in [5.41, 5.74) is 0.800. The summed E-state index contributed by atoms with van der Waals surface area (Å²) in [6, 6.07) is 9.07. The summed E-state index contributed by atoms with van der Waals surface area (Å²) in [6.45, 7) is -0.218. The van der Waals surface area contributed by atoms with Gasteiger partial charge in [-0.25, -0.2) is 9.37 Å². The number of hydrogen-bond acceptors (Lipinski definition) is 7. The van der Waals surface area contributed by atoms with Crippen molar-refractivity contribution in [3.63, 3.8) is 0 Å². The predicted molar refractivity (Wildman–Crippen MR) is 115 cm³/mol. The molecule has 8 nitrogen and oxygen atoms in total. The molecule has 2 aromatic heterocycles. The Kier molecular flexibility index (Phi) is 6.81. The zero-order valence-corrected chi connectivity index (χ0v) is 18.8. The first-order valence-electron chi connectivity index (χ1n) is 9.54. The molecule has 12 heteroatoms. The number of carbonyl (C=O) groups is 1. The minimum absolute atomic E-state index is 0.0615. The number of halogens is 3. The average molecular weight is 482 g/mol. The van der Waals surface area contributed by atoms with Gasteiger partial charge in [0.25, 0.3) is 0 Å². The number of ether oxygens (including phenoxy) is 1. The van der Waals surface area contributed by atoms with E-state index in [0.29, 0.717) is 23.0 Å². The zero-order valence-electron chi connectivity index (χ0n) is 16.1. The molecular weight excluding hydrogens is 464 g/mol. The molecule has 0 unspecified atom stereocenters. The van der Waals surface area contributed by atoms with Crippen LogP contribution in [-0.4, -0.2) is 42.8 Å². The summed E-state index contributed by atoms with van der Waals surface area (Å²) in [5.74, 6) is 0.149. The van der Waals surface area contributed by atoms with Gasteiger partial charge in [-0.3, -0.25) is 4.79 Å². The van der Waals surface area contributed by atoms with Gasteiger partial charge in [-0.05, 0) is 36.7 Å². The van der Waals surface area contributed by atoms with Crippen molar-refractivity contribution in [3.8, 4) is 17.2 Å². The van der Waals surface area contributed by atoms with Crippen LogP contribution in [0.2, 0.25) is 16.2 Å². The molecule has 1 aliphatic rings. The first-order valence-corrected chi connectivity index (χ1v) is 12.5. The van der Waals surface area contributed by atoms with Crippen LogP contribution in [0.25, 0.3) is 11.5 Å². The topological polar surface area (TPSA) is 102 Å². The molecular formula is C19H18Cl2FN5O3Si. The van der Waals surface area contributed by atoms with Gasteiger partial charge in [0.2, 0.25) is 17.7 Å². The molecule has 3 aromatic rings. The molecule has 0 bridgehead atoms. The van der Waals surface area contributed by atoms with E-state index in [1.165, 1.54) is 6.20 Å². The number of amides is 1. The number of nitrogens with one attached hydrogen (secondary N) is 2. The molecule has 1 aliphatic heterocycles. The highest BCUT2D eigenvalue weighted by Gasteiger charge is 2.28. The Bertz CT molecular complexity index is 1060. The van der Waals surface area contributed by atoms with Crippen molar-refractivity contribution in [1.29, 1.82) is 0 Å². The summed E-state index contributed by atoms with van der Waals surface area (Å²) in [5, 5.41) is 12.0. The standard InChI is InChI=1S/C19H18Cl2FN5O3Si/c20-12-3-1-11(2-4-12)18-25-26-19(30-18)15-5-6-31(10-24-15)27-16(28)9-29-13-7-14(22)17(21)23-8-13/h1-4,7-8,15,24,31H,5-6,9-10H2,(H,27,28)/t15-,31+/m1/s1. The monoisotopic (exact) mass is 481 g/mol. The van der Waals surface area contributed by atoms with Gasteiger partial charge < -0.3 is 19.5 Å². The predicted octanol–water partition coefficient (Wildman–Crippen LogP) is 3.07. The number of nitrogens with zero attached hydrogens (tertiary/aromatic N) is 3. The van der Waals surface area contributed by atoms with E-state index in [2.05, 4.69) is 25.5 Å². The summed E-state index contributed by atoms with van der Waals surface area (Å²) in [6.07, 6.45) is 2.71. The van der Waals surface area contributed by atoms with Gasteiger partial charge in [0.15, 0.2) is 26.5 Å². The Morgan fingerprint density at radius 1 is 1.32 bits per heavy atom. The molecule has 2 N–H and O–H groups in total. The van der Waals surface area contributed by atoms with Crippen LogP contribution in [0.4, 0.5) is 4.39 Å². The number of aromatic nitrogens is 3. The number of carbonyl (C=O) groups excluding carboxylic acids is 1. The normalized spacial score (nSPS) is 18.5. The minimum Gasteiger partial charge on any atom is -0.482 e. The lowest BCUT2D eigenvalue weighted by Crippen LogP contribution is -2.51. The fraction of sp³-hybridized carbons (Fsp3) is 0.263. The van der Waals surface area contributed by atoms with Crippen molar-refractivity contribution in [3.05, 3.63) is 58.4 Å². The van der Waals surface area contributed by atoms with E-state index in [4.69, 9.17) is 32.4 Å². The molecule has 1 amide bonds. The van der Waals surface area contributed by atoms with E-state index in [-0.39, 0.29) is 29.5 Å². The summed E-state index contributed by atoms with van der Waals surface area (Å²) in [7, 11) is -1.55. The maximum Gasteiger partial charge on any atom is 0.250 e. The second kappa shape index (κ2) is 9.73. The fourth-order valence-electron chi connectivity index (χ4n) is 3.18. The van der Waals surface area contributed by atoms with Gasteiger partial charge in [-0.15, -0.1) is 10.2 Å². The molecule has 4 rings (SSSR count). The summed E-state index contributed by atoms with van der Waals surface area (Å²) < 4.78 is 24.4. The van der Waals surface area contributed by atoms with Crippen molar-refractivity contribution in [2.45, 2.75) is 18.5 Å². The van der Waals surface area contributed by atoms with Gasteiger partial charge in [-0.2, -0.15) is 0 Å². The Morgan fingerprint density at radius 3 is 2.84 bits per heavy atom. The second-order valence-corrected chi connectivity index (χ2v) is 10.4. The van der Waals surface area contributed by atoms with Gasteiger partial charge >= 0.3 is 0 Å². The van der Waals surface area contributed by atoms with Gasteiger partial charge in [0.05, 0.1) is 12.2 Å². The van der Waals surface area contributed by atoms with E-state index in [9.17, 15) is 9.18 Å². The smallest absolute Gasteiger partial charge is 0.250 e. The van der Waals surface area contributed by atoms with Crippen LogP contribution in [-0.2, 0) is 4.79 Å². The van der Waals surface area contributed by atoms with Crippen LogP contribution in [0, 0.1) is 5.82 Å². The molecule has 31 heavy (non-hydrogen) atoms. The Morgan fingerprint density at radius 2 is 2.13 bits per heavy atom. The van der Waals surface area contributed by atoms with Crippen LogP contribution in [0.5, 0.6) is 5.75 Å². The van der Waals surface area contributed by atoms with Crippen molar-refractivity contribution >= 4 is 38.1 Å². The highest BCUT2D eigenvalue weighted by atomic mass is 35.5. The number of pyridine rings is 1. The highest BCUT2D eigenvalue weighted by Crippen LogP contribution is 2.26. The molecule has 2 atom stereocenters. The number of benzene rings is 1. The Balaban J connectivity index is 1.24. The van der Waals surface area contributed by atoms with Crippen LogP contribution >= 0.6 is 23.2 Å². The molecule has 0 spiro atoms. The summed E-state index contributed by atoms with van der Waals surface area (Å²) >= 11 is 11.4. The maximum atomic E-state index is 13.4.